The van der Waals surface area contributed by atoms with Gasteiger partial charge in [-0.05, 0) is 25.1 Å². The molecule has 0 N–H and O–H groups in total. The van der Waals surface area contributed by atoms with Gasteiger partial charge >= 0.3 is 6.18 Å². The number of benzene rings is 1. The van der Waals surface area contributed by atoms with Gasteiger partial charge in [-0.1, -0.05) is 27.6 Å². The molecule has 0 atom stereocenters. The summed E-state index contributed by atoms with van der Waals surface area (Å²) in [5, 5.41) is 0.688. The number of alkyl halides is 3. The number of aryl methyl sites for hydroxylation is 1. The SMILES string of the molecule is Cc1ccc2nc(C(F)(F)F)cc(Br)c2c1. The lowest BCUT2D eigenvalue weighted by molar-refractivity contribution is -0.141. The van der Waals surface area contributed by atoms with Gasteiger partial charge in [0.25, 0.3) is 0 Å². The van der Waals surface area contributed by atoms with Gasteiger partial charge in [0.05, 0.1) is 5.52 Å². The van der Waals surface area contributed by atoms with Gasteiger partial charge in [0.1, 0.15) is 5.69 Å². The largest absolute Gasteiger partial charge is 0.433 e. The average molecular weight is 290 g/mol. The van der Waals surface area contributed by atoms with Crippen LogP contribution in [0.2, 0.25) is 0 Å². The van der Waals surface area contributed by atoms with E-state index in [0.29, 0.717) is 15.4 Å². The molecule has 16 heavy (non-hydrogen) atoms. The highest BCUT2D eigenvalue weighted by atomic mass is 79.9. The number of halogens is 4. The minimum atomic E-state index is -4.42. The summed E-state index contributed by atoms with van der Waals surface area (Å²) in [6.07, 6.45) is -4.42. The molecule has 1 aromatic heterocycles. The first kappa shape index (κ1) is 11.4. The van der Waals surface area contributed by atoms with Crippen LogP contribution in [0.5, 0.6) is 0 Å². The van der Waals surface area contributed by atoms with Gasteiger partial charge in [-0.15, -0.1) is 0 Å². The molecule has 2 rings (SSSR count). The van der Waals surface area contributed by atoms with E-state index in [-0.39, 0.29) is 0 Å². The van der Waals surface area contributed by atoms with E-state index in [2.05, 4.69) is 20.9 Å². The zero-order valence-corrected chi connectivity index (χ0v) is 9.85. The van der Waals surface area contributed by atoms with E-state index in [0.717, 1.165) is 11.6 Å². The molecule has 0 saturated carbocycles. The molecule has 0 unspecified atom stereocenters. The Morgan fingerprint density at radius 2 is 1.88 bits per heavy atom. The Hall–Kier alpha value is -1.10. The zero-order valence-electron chi connectivity index (χ0n) is 8.27. The topological polar surface area (TPSA) is 12.9 Å². The summed E-state index contributed by atoms with van der Waals surface area (Å²) in [4.78, 5) is 3.59. The molecule has 0 radical (unpaired) electrons. The van der Waals surface area contributed by atoms with Crippen LogP contribution in [0.3, 0.4) is 0 Å². The molecule has 1 aromatic carbocycles. The molecular formula is C11H7BrF3N. The van der Waals surface area contributed by atoms with Crippen LogP contribution in [-0.2, 0) is 6.18 Å². The minimum absolute atomic E-state index is 0.340. The summed E-state index contributed by atoms with van der Waals surface area (Å²) in [6, 6.07) is 6.13. The van der Waals surface area contributed by atoms with Gasteiger partial charge < -0.3 is 0 Å². The third-order valence-corrected chi connectivity index (χ3v) is 2.86. The van der Waals surface area contributed by atoms with Crippen LogP contribution in [-0.4, -0.2) is 4.98 Å². The minimum Gasteiger partial charge on any atom is -0.243 e. The number of hydrogen-bond acceptors (Lipinski definition) is 1. The number of pyridine rings is 1. The van der Waals surface area contributed by atoms with Crippen molar-refractivity contribution in [3.05, 3.63) is 40.0 Å². The molecule has 0 fully saturated rings. The summed E-state index contributed by atoms with van der Waals surface area (Å²) < 4.78 is 37.9. The van der Waals surface area contributed by atoms with E-state index in [1.54, 1.807) is 18.2 Å². The molecule has 5 heteroatoms. The van der Waals surface area contributed by atoms with Crippen LogP contribution in [0.15, 0.2) is 28.7 Å². The van der Waals surface area contributed by atoms with Crippen LogP contribution >= 0.6 is 15.9 Å². The second-order valence-electron chi connectivity index (χ2n) is 3.51. The van der Waals surface area contributed by atoms with Crippen molar-refractivity contribution in [3.63, 3.8) is 0 Å². The highest BCUT2D eigenvalue weighted by Crippen LogP contribution is 2.33. The van der Waals surface area contributed by atoms with Gasteiger partial charge in [-0.3, -0.25) is 0 Å². The second kappa shape index (κ2) is 3.73. The molecular weight excluding hydrogens is 283 g/mol. The van der Waals surface area contributed by atoms with E-state index in [4.69, 9.17) is 0 Å². The van der Waals surface area contributed by atoms with Crippen molar-refractivity contribution in [2.45, 2.75) is 13.1 Å². The second-order valence-corrected chi connectivity index (χ2v) is 4.36. The number of aromatic nitrogens is 1. The summed E-state index contributed by atoms with van der Waals surface area (Å²) >= 11 is 3.13. The molecule has 84 valence electrons. The normalized spacial score (nSPS) is 12.1. The van der Waals surface area contributed by atoms with Gasteiger partial charge in [-0.2, -0.15) is 13.2 Å². The molecule has 0 bridgehead atoms. The Kier molecular flexibility index (Phi) is 2.66. The molecule has 0 aliphatic carbocycles. The van der Waals surface area contributed by atoms with Crippen molar-refractivity contribution in [2.24, 2.45) is 0 Å². The number of fused-ring (bicyclic) bond motifs is 1. The van der Waals surface area contributed by atoms with Crippen molar-refractivity contribution in [3.8, 4) is 0 Å². The van der Waals surface area contributed by atoms with E-state index >= 15 is 0 Å². The summed E-state index contributed by atoms with van der Waals surface area (Å²) in [6.45, 7) is 1.88. The Morgan fingerprint density at radius 1 is 1.19 bits per heavy atom. The summed E-state index contributed by atoms with van der Waals surface area (Å²) in [7, 11) is 0. The lowest BCUT2D eigenvalue weighted by Crippen LogP contribution is -2.08. The van der Waals surface area contributed by atoms with Crippen LogP contribution in [0.1, 0.15) is 11.3 Å². The van der Waals surface area contributed by atoms with Gasteiger partial charge in [0.15, 0.2) is 0 Å². The molecule has 0 aliphatic rings. The molecule has 0 spiro atoms. The maximum Gasteiger partial charge on any atom is 0.433 e. The zero-order chi connectivity index (χ0) is 11.9. The van der Waals surface area contributed by atoms with E-state index in [1.165, 1.54) is 0 Å². The quantitative estimate of drug-likeness (QED) is 0.704. The highest BCUT2D eigenvalue weighted by molar-refractivity contribution is 9.10. The van der Waals surface area contributed by atoms with Crippen molar-refractivity contribution < 1.29 is 13.2 Å². The van der Waals surface area contributed by atoms with Crippen LogP contribution < -0.4 is 0 Å². The molecule has 2 aromatic rings. The van der Waals surface area contributed by atoms with Gasteiger partial charge in [-0.25, -0.2) is 4.98 Å². The Balaban J connectivity index is 2.74. The number of hydrogen-bond donors (Lipinski definition) is 0. The predicted octanol–water partition coefficient (Wildman–Crippen LogP) is 4.32. The van der Waals surface area contributed by atoms with Crippen molar-refractivity contribution >= 4 is 26.8 Å². The van der Waals surface area contributed by atoms with Crippen molar-refractivity contribution in [1.29, 1.82) is 0 Å². The number of rotatable bonds is 0. The fourth-order valence-electron chi connectivity index (χ4n) is 1.44. The molecule has 0 amide bonds. The lowest BCUT2D eigenvalue weighted by atomic mass is 10.1. The molecule has 1 nitrogen and oxygen atoms in total. The molecule has 1 heterocycles. The van der Waals surface area contributed by atoms with Crippen LogP contribution in [0.25, 0.3) is 10.9 Å². The van der Waals surface area contributed by atoms with E-state index in [1.807, 2.05) is 6.92 Å². The fraction of sp³-hybridized carbons (Fsp3) is 0.182. The standard InChI is InChI=1S/C11H7BrF3N/c1-6-2-3-9-7(4-6)8(12)5-10(16-9)11(13,14)15/h2-5H,1H3. The predicted molar refractivity (Wildman–Crippen MR) is 59.2 cm³/mol. The highest BCUT2D eigenvalue weighted by Gasteiger charge is 2.33. The number of nitrogens with zero attached hydrogens (tertiary/aromatic N) is 1. The first-order chi connectivity index (χ1) is 7.38. The third kappa shape index (κ3) is 2.04. The Labute approximate surface area is 98.4 Å². The van der Waals surface area contributed by atoms with Gasteiger partial charge in [0.2, 0.25) is 0 Å². The smallest absolute Gasteiger partial charge is 0.243 e. The molecule has 0 aliphatic heterocycles. The van der Waals surface area contributed by atoms with Crippen molar-refractivity contribution in [2.75, 3.05) is 0 Å². The first-order valence-corrected chi connectivity index (χ1v) is 5.31. The summed E-state index contributed by atoms with van der Waals surface area (Å²) in [5.74, 6) is 0. The average Bonchev–Trinajstić information content (AvgIpc) is 2.17. The van der Waals surface area contributed by atoms with E-state index < -0.39 is 11.9 Å². The van der Waals surface area contributed by atoms with Crippen molar-refractivity contribution in [1.82, 2.24) is 4.98 Å². The van der Waals surface area contributed by atoms with Gasteiger partial charge in [0, 0.05) is 9.86 Å². The summed E-state index contributed by atoms with van der Waals surface area (Å²) in [5.41, 5.74) is 0.442. The third-order valence-electron chi connectivity index (χ3n) is 2.20. The fourth-order valence-corrected chi connectivity index (χ4v) is 1.98. The Morgan fingerprint density at radius 3 is 2.50 bits per heavy atom. The maximum absolute atomic E-state index is 12.5. The lowest BCUT2D eigenvalue weighted by Gasteiger charge is -2.08. The van der Waals surface area contributed by atoms with Crippen LogP contribution in [0.4, 0.5) is 13.2 Å². The van der Waals surface area contributed by atoms with E-state index in [9.17, 15) is 13.2 Å². The Bertz CT molecular complexity index is 549. The van der Waals surface area contributed by atoms with Crippen LogP contribution in [0, 0.1) is 6.92 Å². The maximum atomic E-state index is 12.5. The monoisotopic (exact) mass is 289 g/mol. The first-order valence-electron chi connectivity index (χ1n) is 4.52. The molecule has 0 saturated heterocycles.